The van der Waals surface area contributed by atoms with Crippen molar-refractivity contribution in [1.82, 2.24) is 0 Å². The molecule has 31 heavy (non-hydrogen) atoms. The van der Waals surface area contributed by atoms with Gasteiger partial charge in [0.1, 0.15) is 0 Å². The maximum atomic E-state index is 13.8. The second-order valence-electron chi connectivity index (χ2n) is 5.97. The van der Waals surface area contributed by atoms with Crippen LogP contribution in [0.4, 0.5) is 14.5 Å². The summed E-state index contributed by atoms with van der Waals surface area (Å²) >= 11 is 4.43. The van der Waals surface area contributed by atoms with Crippen molar-refractivity contribution in [3.63, 3.8) is 0 Å². The van der Waals surface area contributed by atoms with Crippen molar-refractivity contribution in [2.24, 2.45) is 0 Å². The zero-order valence-electron chi connectivity index (χ0n) is 14.5. The Kier molecular flexibility index (Phi) is 16.5. The van der Waals surface area contributed by atoms with Crippen molar-refractivity contribution in [3.05, 3.63) is 63.6 Å². The van der Waals surface area contributed by atoms with Gasteiger partial charge in [-0.3, -0.25) is 9.29 Å². The van der Waals surface area contributed by atoms with E-state index in [9.17, 15) is 21.8 Å². The van der Waals surface area contributed by atoms with Crippen LogP contribution in [0.5, 0.6) is 0 Å². The molecule has 0 fully saturated rings. The van der Waals surface area contributed by atoms with Crippen LogP contribution >= 0.6 is 35.3 Å². The molecular weight excluding hydrogens is 568 g/mol. The summed E-state index contributed by atoms with van der Waals surface area (Å²) in [4.78, 5) is 17.7. The monoisotopic (exact) mass is 587 g/mol. The Labute approximate surface area is 259 Å². The molecule has 3 N–H and O–H groups in total. The minimum absolute atomic E-state index is 0. The average Bonchev–Trinajstić information content (AvgIpc) is 2.52. The zero-order valence-corrected chi connectivity index (χ0v) is 18.6. The topological polar surface area (TPSA) is 104 Å². The average molecular weight is 588 g/mol. The second kappa shape index (κ2) is 14.6. The Morgan fingerprint density at radius 1 is 1.06 bits per heavy atom. The van der Waals surface area contributed by atoms with Crippen molar-refractivity contribution in [3.8, 4) is 0 Å². The molecule has 0 aromatic heterocycles. The summed E-state index contributed by atoms with van der Waals surface area (Å²) in [6.45, 7) is 0. The summed E-state index contributed by atoms with van der Waals surface area (Å²) in [6.07, 6.45) is 1.06. The normalized spacial score (nSPS) is 11.5. The van der Waals surface area contributed by atoms with Crippen LogP contribution in [0.15, 0.2) is 46.9 Å². The first-order valence-electron chi connectivity index (χ1n) is 7.66. The fraction of sp³-hybridized carbons (Fsp3) is 0.250. The summed E-state index contributed by atoms with van der Waals surface area (Å²) in [6, 6.07) is 10.7. The molecule has 0 heterocycles. The number of anilines is 1. The van der Waals surface area contributed by atoms with Gasteiger partial charge in [0, 0.05) is 27.2 Å². The van der Waals surface area contributed by atoms with E-state index in [1.165, 1.54) is 23.9 Å². The van der Waals surface area contributed by atoms with Crippen molar-refractivity contribution in [1.29, 1.82) is 0 Å². The van der Waals surface area contributed by atoms with Gasteiger partial charge in [-0.25, -0.2) is 8.42 Å². The van der Waals surface area contributed by atoms with Crippen molar-refractivity contribution in [2.45, 2.75) is 17.2 Å². The summed E-state index contributed by atoms with van der Waals surface area (Å²) in [7, 11) is -9.00. The first-order valence-corrected chi connectivity index (χ1v) is 13.1. The van der Waals surface area contributed by atoms with E-state index < -0.39 is 28.8 Å². The quantitative estimate of drug-likeness (QED) is 0.324. The second-order valence-corrected chi connectivity index (χ2v) is 11.2. The number of benzene rings is 2. The molecule has 0 saturated heterocycles. The van der Waals surface area contributed by atoms with Crippen LogP contribution in [0.3, 0.4) is 0 Å². The molecule has 0 bridgehead atoms. The molecule has 0 aliphatic heterocycles. The first-order chi connectivity index (χ1) is 12.8. The molecule has 0 atom stereocenters. The minimum atomic E-state index is -5.63. The van der Waals surface area contributed by atoms with E-state index >= 15 is 0 Å². The Hall–Kier alpha value is 2.03. The molecule has 2 rings (SSSR count). The van der Waals surface area contributed by atoms with E-state index in [-0.39, 0.29) is 93.1 Å². The summed E-state index contributed by atoms with van der Waals surface area (Å²) in [5.41, 5.74) is -3.03. The van der Waals surface area contributed by atoms with Crippen molar-refractivity contribution >= 4 is 140 Å². The third kappa shape index (κ3) is 11.1. The van der Waals surface area contributed by atoms with Gasteiger partial charge in [0.2, 0.25) is 10.0 Å². The van der Waals surface area contributed by atoms with E-state index in [1.807, 2.05) is 6.07 Å². The van der Waals surface area contributed by atoms with Crippen molar-refractivity contribution < 1.29 is 31.6 Å². The molecule has 0 saturated carbocycles. The van der Waals surface area contributed by atoms with Gasteiger partial charge >= 0.3 is 102 Å². The van der Waals surface area contributed by atoms with Gasteiger partial charge in [-0.15, -0.1) is 0 Å². The zero-order chi connectivity index (χ0) is 21.2. The fourth-order valence-electron chi connectivity index (χ4n) is 2.27. The third-order valence-corrected chi connectivity index (χ3v) is 6.80. The molecule has 0 spiro atoms. The molecular formula is C16H20BrF2NNa3O5PS2. The predicted molar refractivity (Wildman–Crippen MR) is 131 cm³/mol. The van der Waals surface area contributed by atoms with Crippen LogP contribution < -0.4 is 4.72 Å². The fourth-order valence-corrected chi connectivity index (χ4v) is 5.10. The molecule has 0 amide bonds. The third-order valence-electron chi connectivity index (χ3n) is 3.49. The molecule has 0 radical (unpaired) electrons. The van der Waals surface area contributed by atoms with Gasteiger partial charge < -0.3 is 9.79 Å². The Bertz CT molecular complexity index is 1030. The summed E-state index contributed by atoms with van der Waals surface area (Å²) in [5, 5.41) is 0. The molecule has 6 nitrogen and oxygen atoms in total. The van der Waals surface area contributed by atoms with Gasteiger partial charge in [-0.05, 0) is 29.3 Å². The molecule has 160 valence electrons. The van der Waals surface area contributed by atoms with Gasteiger partial charge in [0.15, 0.2) is 0 Å². The van der Waals surface area contributed by atoms with Crippen LogP contribution in [0, 0.1) is 0 Å². The number of halogens is 3. The maximum absolute atomic E-state index is 13.8. The number of hydrogen-bond acceptors (Lipinski definition) is 4. The molecule has 15 heteroatoms. The van der Waals surface area contributed by atoms with Gasteiger partial charge in [-0.1, -0.05) is 40.2 Å². The molecule has 0 aliphatic rings. The number of sulfonamides is 1. The number of nitrogens with one attached hydrogen (secondary N) is 1. The van der Waals surface area contributed by atoms with Gasteiger partial charge in [0.25, 0.3) is 0 Å². The number of hydrogen-bond donors (Lipinski definition) is 3. The number of thioether (sulfide) groups is 1. The number of rotatable bonds is 8. The Balaban J connectivity index is 0. The van der Waals surface area contributed by atoms with E-state index in [0.717, 1.165) is 17.9 Å². The van der Waals surface area contributed by atoms with Crippen LogP contribution in [-0.4, -0.2) is 113 Å². The standard InChI is InChI=1S/C16H17BrF2NO5PS2.3Na.3H/c1-28(24,25)20-13-4-2-3-11(7-13)9-27-10-12-5-6-14(15(17)8-12)16(18,19)26(21,22)23;;;;;;/h2-8,20H,9-10H2,1H3,(H2,21,22,23);;;;;;. The predicted octanol–water partition coefficient (Wildman–Crippen LogP) is 2.54. The Morgan fingerprint density at radius 3 is 2.10 bits per heavy atom. The molecule has 2 aromatic carbocycles. The van der Waals surface area contributed by atoms with E-state index in [2.05, 4.69) is 20.7 Å². The number of alkyl halides is 2. The van der Waals surface area contributed by atoms with Crippen molar-refractivity contribution in [2.75, 3.05) is 11.0 Å². The van der Waals surface area contributed by atoms with Crippen LogP contribution in [0.1, 0.15) is 16.7 Å². The first kappa shape index (κ1) is 35.2. The van der Waals surface area contributed by atoms with E-state index in [0.29, 0.717) is 22.8 Å². The van der Waals surface area contributed by atoms with Gasteiger partial charge in [0.05, 0.1) is 6.26 Å². The van der Waals surface area contributed by atoms with Crippen LogP contribution in [0.25, 0.3) is 0 Å². The van der Waals surface area contributed by atoms with E-state index in [1.54, 1.807) is 18.2 Å². The SMILES string of the molecule is CS(=O)(=O)Nc1cccc(CSCc2ccc(C(F)(F)P(=O)(O)O)c(Br)c2)c1.[NaH].[NaH].[NaH]. The summed E-state index contributed by atoms with van der Waals surface area (Å²) < 4.78 is 63.6. The van der Waals surface area contributed by atoms with Crippen LogP contribution in [-0.2, 0) is 31.8 Å². The Morgan fingerprint density at radius 2 is 1.61 bits per heavy atom. The molecule has 0 aliphatic carbocycles. The molecule has 0 unspecified atom stereocenters. The van der Waals surface area contributed by atoms with Crippen LogP contribution in [0.2, 0.25) is 0 Å². The van der Waals surface area contributed by atoms with Gasteiger partial charge in [-0.2, -0.15) is 20.5 Å². The summed E-state index contributed by atoms with van der Waals surface area (Å²) in [5.74, 6) is 1.02. The van der Waals surface area contributed by atoms with E-state index in [4.69, 9.17) is 9.79 Å². The molecule has 2 aromatic rings.